The number of carbonyl (C=O) groups excluding carboxylic acids is 1. The van der Waals surface area contributed by atoms with Crippen molar-refractivity contribution in [3.63, 3.8) is 0 Å². The minimum atomic E-state index is -3.46. The molecule has 1 aromatic heterocycles. The van der Waals surface area contributed by atoms with Gasteiger partial charge in [-0.2, -0.15) is 15.6 Å². The molecule has 7 heteroatoms. The third-order valence-corrected chi connectivity index (χ3v) is 6.95. The van der Waals surface area contributed by atoms with Crippen LogP contribution in [0.3, 0.4) is 0 Å². The number of amides is 1. The van der Waals surface area contributed by atoms with Crippen molar-refractivity contribution in [1.29, 1.82) is 0 Å². The SMILES string of the molecule is CC1CCCN(S(=O)(=O)c2ccc(NC(=O)Cc3ccsc3)cc2)C1. The molecule has 0 spiro atoms. The van der Waals surface area contributed by atoms with Crippen molar-refractivity contribution in [3.05, 3.63) is 46.7 Å². The van der Waals surface area contributed by atoms with E-state index in [1.807, 2.05) is 16.8 Å². The number of rotatable bonds is 5. The molecule has 2 heterocycles. The van der Waals surface area contributed by atoms with Crippen LogP contribution in [0.5, 0.6) is 0 Å². The van der Waals surface area contributed by atoms with Crippen molar-refractivity contribution in [2.45, 2.75) is 31.1 Å². The van der Waals surface area contributed by atoms with Crippen LogP contribution in [0, 0.1) is 5.92 Å². The summed E-state index contributed by atoms with van der Waals surface area (Å²) in [6.45, 7) is 3.22. The third kappa shape index (κ3) is 4.48. The number of carbonyl (C=O) groups is 1. The van der Waals surface area contributed by atoms with E-state index in [1.54, 1.807) is 39.9 Å². The second-order valence-corrected chi connectivity index (χ2v) is 9.21. The van der Waals surface area contributed by atoms with Crippen molar-refractivity contribution < 1.29 is 13.2 Å². The number of hydrogen-bond acceptors (Lipinski definition) is 4. The molecule has 1 amide bonds. The molecule has 25 heavy (non-hydrogen) atoms. The van der Waals surface area contributed by atoms with Crippen LogP contribution in [0.1, 0.15) is 25.3 Å². The first-order valence-corrected chi connectivity index (χ1v) is 10.7. The molecule has 0 saturated carbocycles. The number of hydrogen-bond donors (Lipinski definition) is 1. The summed E-state index contributed by atoms with van der Waals surface area (Å²) >= 11 is 1.55. The topological polar surface area (TPSA) is 66.5 Å². The molecule has 1 aliphatic rings. The molecule has 1 aromatic carbocycles. The van der Waals surface area contributed by atoms with Gasteiger partial charge in [0.25, 0.3) is 0 Å². The number of sulfonamides is 1. The lowest BCUT2D eigenvalue weighted by molar-refractivity contribution is -0.115. The molecule has 1 saturated heterocycles. The van der Waals surface area contributed by atoms with Crippen LogP contribution in [0.15, 0.2) is 46.0 Å². The maximum Gasteiger partial charge on any atom is 0.243 e. The maximum atomic E-state index is 12.7. The lowest BCUT2D eigenvalue weighted by Crippen LogP contribution is -2.39. The average Bonchev–Trinajstić information content (AvgIpc) is 3.08. The Labute approximate surface area is 152 Å². The normalized spacial score (nSPS) is 18.8. The Morgan fingerprint density at radius 1 is 1.28 bits per heavy atom. The Hall–Kier alpha value is -1.70. The van der Waals surface area contributed by atoms with Gasteiger partial charge in [-0.1, -0.05) is 6.92 Å². The molecule has 0 radical (unpaired) electrons. The molecule has 1 unspecified atom stereocenters. The second-order valence-electron chi connectivity index (χ2n) is 6.49. The van der Waals surface area contributed by atoms with Gasteiger partial charge in [0.2, 0.25) is 15.9 Å². The molecular weight excluding hydrogens is 356 g/mol. The first-order valence-electron chi connectivity index (χ1n) is 8.36. The molecule has 5 nitrogen and oxygen atoms in total. The highest BCUT2D eigenvalue weighted by Gasteiger charge is 2.28. The number of piperidine rings is 1. The predicted octanol–water partition coefficient (Wildman–Crippen LogP) is 3.35. The van der Waals surface area contributed by atoms with E-state index < -0.39 is 10.0 Å². The molecule has 0 bridgehead atoms. The van der Waals surface area contributed by atoms with Gasteiger partial charge >= 0.3 is 0 Å². The van der Waals surface area contributed by atoms with Crippen molar-refractivity contribution >= 4 is 33.0 Å². The van der Waals surface area contributed by atoms with E-state index in [0.717, 1.165) is 18.4 Å². The van der Waals surface area contributed by atoms with E-state index in [-0.39, 0.29) is 10.8 Å². The van der Waals surface area contributed by atoms with Gasteiger partial charge in [0.15, 0.2) is 0 Å². The van der Waals surface area contributed by atoms with Crippen LogP contribution in [-0.4, -0.2) is 31.7 Å². The number of anilines is 1. The van der Waals surface area contributed by atoms with Crippen LogP contribution in [-0.2, 0) is 21.2 Å². The van der Waals surface area contributed by atoms with Crippen molar-refractivity contribution in [2.75, 3.05) is 18.4 Å². The maximum absolute atomic E-state index is 12.7. The summed E-state index contributed by atoms with van der Waals surface area (Å²) in [5, 5.41) is 6.68. The summed E-state index contributed by atoms with van der Waals surface area (Å²) in [5.74, 6) is 0.276. The highest BCUT2D eigenvalue weighted by molar-refractivity contribution is 7.89. The van der Waals surface area contributed by atoms with Gasteiger partial charge in [0.05, 0.1) is 11.3 Å². The standard InChI is InChI=1S/C18H22N2O3S2/c1-14-3-2-9-20(12-14)25(22,23)17-6-4-16(5-7-17)19-18(21)11-15-8-10-24-13-15/h4-8,10,13-14H,2-3,9,11-12H2,1H3,(H,19,21). The Morgan fingerprint density at radius 3 is 2.68 bits per heavy atom. The van der Waals surface area contributed by atoms with E-state index in [1.165, 1.54) is 0 Å². The lowest BCUT2D eigenvalue weighted by Gasteiger charge is -2.30. The van der Waals surface area contributed by atoms with Crippen LogP contribution < -0.4 is 5.32 Å². The summed E-state index contributed by atoms with van der Waals surface area (Å²) in [6.07, 6.45) is 2.29. The molecule has 0 aliphatic carbocycles. The summed E-state index contributed by atoms with van der Waals surface area (Å²) in [5.41, 5.74) is 1.58. The van der Waals surface area contributed by atoms with E-state index in [0.29, 0.717) is 31.1 Å². The van der Waals surface area contributed by atoms with Crippen molar-refractivity contribution in [2.24, 2.45) is 5.92 Å². The lowest BCUT2D eigenvalue weighted by atomic mass is 10.0. The predicted molar refractivity (Wildman–Crippen MR) is 100 cm³/mol. The molecule has 1 atom stereocenters. The van der Waals surface area contributed by atoms with E-state index in [2.05, 4.69) is 12.2 Å². The fourth-order valence-corrected chi connectivity index (χ4v) is 5.27. The first kappa shape index (κ1) is 18.1. The van der Waals surface area contributed by atoms with Gasteiger partial charge in [0.1, 0.15) is 0 Å². The van der Waals surface area contributed by atoms with Gasteiger partial charge < -0.3 is 5.32 Å². The van der Waals surface area contributed by atoms with Gasteiger partial charge in [-0.3, -0.25) is 4.79 Å². The zero-order valence-corrected chi connectivity index (χ0v) is 15.8. The smallest absolute Gasteiger partial charge is 0.243 e. The van der Waals surface area contributed by atoms with Crippen molar-refractivity contribution in [3.8, 4) is 0 Å². The fourth-order valence-electron chi connectivity index (χ4n) is 3.01. The van der Waals surface area contributed by atoms with Crippen LogP contribution >= 0.6 is 11.3 Å². The van der Waals surface area contributed by atoms with Crippen molar-refractivity contribution in [1.82, 2.24) is 4.31 Å². The molecule has 134 valence electrons. The fraction of sp³-hybridized carbons (Fsp3) is 0.389. The first-order chi connectivity index (χ1) is 11.9. The summed E-state index contributed by atoms with van der Waals surface area (Å²) in [7, 11) is -3.46. The summed E-state index contributed by atoms with van der Waals surface area (Å²) in [6, 6.07) is 8.33. The minimum absolute atomic E-state index is 0.112. The largest absolute Gasteiger partial charge is 0.326 e. The van der Waals surface area contributed by atoms with E-state index in [9.17, 15) is 13.2 Å². The Morgan fingerprint density at radius 2 is 2.04 bits per heavy atom. The molecule has 1 aliphatic heterocycles. The van der Waals surface area contributed by atoms with Gasteiger partial charge in [-0.05, 0) is 65.4 Å². The molecule has 2 aromatic rings. The monoisotopic (exact) mass is 378 g/mol. The third-order valence-electron chi connectivity index (χ3n) is 4.34. The van der Waals surface area contributed by atoms with E-state index >= 15 is 0 Å². The Balaban J connectivity index is 1.66. The minimum Gasteiger partial charge on any atom is -0.326 e. The Kier molecular flexibility index (Phi) is 5.56. The average molecular weight is 379 g/mol. The number of thiophene rings is 1. The zero-order valence-electron chi connectivity index (χ0n) is 14.1. The number of nitrogens with zero attached hydrogens (tertiary/aromatic N) is 1. The van der Waals surface area contributed by atoms with Gasteiger partial charge in [0, 0.05) is 18.8 Å². The quantitative estimate of drug-likeness (QED) is 0.868. The van der Waals surface area contributed by atoms with Crippen LogP contribution in [0.4, 0.5) is 5.69 Å². The second kappa shape index (κ2) is 7.68. The van der Waals surface area contributed by atoms with E-state index in [4.69, 9.17) is 0 Å². The summed E-state index contributed by atoms with van der Waals surface area (Å²) in [4.78, 5) is 12.3. The van der Waals surface area contributed by atoms with Gasteiger partial charge in [-0.25, -0.2) is 8.42 Å². The zero-order chi connectivity index (χ0) is 17.9. The highest BCUT2D eigenvalue weighted by atomic mass is 32.2. The summed E-state index contributed by atoms with van der Waals surface area (Å²) < 4.78 is 27.0. The molecule has 1 N–H and O–H groups in total. The molecule has 1 fully saturated rings. The molecular formula is C18H22N2O3S2. The van der Waals surface area contributed by atoms with Crippen LogP contribution in [0.2, 0.25) is 0 Å². The van der Waals surface area contributed by atoms with Gasteiger partial charge in [-0.15, -0.1) is 0 Å². The number of nitrogens with one attached hydrogen (secondary N) is 1. The van der Waals surface area contributed by atoms with Crippen LogP contribution in [0.25, 0.3) is 0 Å². The molecule has 3 rings (SSSR count). The number of benzene rings is 1. The highest BCUT2D eigenvalue weighted by Crippen LogP contribution is 2.24. The Bertz CT molecular complexity index is 815.